The first-order valence-corrected chi connectivity index (χ1v) is 15.2. The zero-order chi connectivity index (χ0) is 25.4. The van der Waals surface area contributed by atoms with Crippen LogP contribution in [0, 0.1) is 17.8 Å². The first-order chi connectivity index (χ1) is 16.6. The van der Waals surface area contributed by atoms with E-state index in [0.717, 1.165) is 0 Å². The smallest absolute Gasteiger partial charge is 0.324 e. The Labute approximate surface area is 210 Å². The van der Waals surface area contributed by atoms with Crippen molar-refractivity contribution in [2.75, 3.05) is 13.3 Å². The molecule has 15 unspecified atom stereocenters. The quantitative estimate of drug-likeness (QED) is 0.435. The van der Waals surface area contributed by atoms with Crippen LogP contribution in [0.25, 0.3) is 0 Å². The van der Waals surface area contributed by atoms with Gasteiger partial charge in [-0.25, -0.2) is 0 Å². The first kappa shape index (κ1) is 27.8. The van der Waals surface area contributed by atoms with Crippen LogP contribution >= 0.6 is 7.55 Å². The molecule has 3 aliphatic heterocycles. The lowest BCUT2D eigenvalue weighted by Crippen LogP contribution is -2.61. The number of hydrogen-bond donors (Lipinski definition) is 3. The fraction of sp³-hybridized carbons (Fsp3) is 0.960. The van der Waals surface area contributed by atoms with E-state index in [4.69, 9.17) is 34.2 Å². The number of aliphatic hydroxyl groups is 2. The molecule has 10 heteroatoms. The van der Waals surface area contributed by atoms with Crippen LogP contribution in [-0.2, 0) is 28.4 Å². The predicted octanol–water partition coefficient (Wildman–Crippen LogP) is 2.00. The number of aliphatic hydroxyl groups excluding tert-OH is 2. The van der Waals surface area contributed by atoms with E-state index >= 15 is 0 Å². The predicted molar refractivity (Wildman–Crippen MR) is 133 cm³/mol. The lowest BCUT2D eigenvalue weighted by atomic mass is 9.80. The summed E-state index contributed by atoms with van der Waals surface area (Å²) in [5.41, 5.74) is 6.28. The molecule has 4 rings (SSSR count). The van der Waals surface area contributed by atoms with Crippen LogP contribution in [0.4, 0.5) is 0 Å². The van der Waals surface area contributed by atoms with Crippen LogP contribution in [0.5, 0.6) is 0 Å². The standard InChI is InChI=1S/C25H45NO8P/c1-7-14-19(27)16(8-2)31-24(14)33-23-20(28)15(26)9-12(3)22(23)32-18-10-13(4)21-17(30-18)11-29-25(34-21)35(5)6/h12-25,27-28H,5,7-11,26H2,1-4,6H3/q+1. The van der Waals surface area contributed by atoms with Crippen LogP contribution in [0.3, 0.4) is 0 Å². The Morgan fingerprint density at radius 3 is 2.37 bits per heavy atom. The van der Waals surface area contributed by atoms with Crippen molar-refractivity contribution in [2.24, 2.45) is 23.5 Å². The minimum Gasteiger partial charge on any atom is -0.390 e. The molecule has 35 heavy (non-hydrogen) atoms. The van der Waals surface area contributed by atoms with E-state index in [2.05, 4.69) is 20.1 Å². The fourth-order valence-corrected chi connectivity index (χ4v) is 6.71. The van der Waals surface area contributed by atoms with Gasteiger partial charge in [0.25, 0.3) is 0 Å². The maximum atomic E-state index is 11.1. The Bertz CT molecular complexity index is 730. The second-order valence-corrected chi connectivity index (χ2v) is 12.8. The van der Waals surface area contributed by atoms with E-state index in [-0.39, 0.29) is 42.1 Å². The van der Waals surface area contributed by atoms with Gasteiger partial charge in [0.1, 0.15) is 26.4 Å². The summed E-state index contributed by atoms with van der Waals surface area (Å²) in [5, 5.41) is 21.7. The van der Waals surface area contributed by atoms with Crippen molar-refractivity contribution >= 4 is 13.8 Å². The fourth-order valence-electron chi connectivity index (χ4n) is 6.02. The molecule has 9 nitrogen and oxygen atoms in total. The molecule has 15 atom stereocenters. The van der Waals surface area contributed by atoms with Gasteiger partial charge in [0.2, 0.25) is 0 Å². The molecule has 0 aromatic carbocycles. The van der Waals surface area contributed by atoms with Crippen molar-refractivity contribution in [1.29, 1.82) is 0 Å². The van der Waals surface area contributed by atoms with Gasteiger partial charge >= 0.3 is 6.03 Å². The minimum absolute atomic E-state index is 0.0430. The Kier molecular flexibility index (Phi) is 9.29. The topological polar surface area (TPSA) is 122 Å². The summed E-state index contributed by atoms with van der Waals surface area (Å²) < 4.78 is 37.3. The van der Waals surface area contributed by atoms with Gasteiger partial charge in [0.05, 0.1) is 43.4 Å². The average Bonchev–Trinajstić information content (AvgIpc) is 3.13. The van der Waals surface area contributed by atoms with Crippen LogP contribution in [0.2, 0.25) is 0 Å². The third kappa shape index (κ3) is 5.80. The van der Waals surface area contributed by atoms with Gasteiger partial charge in [-0.05, 0) is 31.1 Å². The molecule has 0 amide bonds. The monoisotopic (exact) mass is 518 g/mol. The Hall–Kier alpha value is -0.190. The summed E-state index contributed by atoms with van der Waals surface area (Å²) >= 11 is 0. The highest BCUT2D eigenvalue weighted by molar-refractivity contribution is 7.55. The van der Waals surface area contributed by atoms with Gasteiger partial charge in [0.15, 0.2) is 12.6 Å². The molecule has 3 saturated heterocycles. The molecular weight excluding hydrogens is 473 g/mol. The van der Waals surface area contributed by atoms with Gasteiger partial charge in [-0.3, -0.25) is 0 Å². The molecule has 202 valence electrons. The van der Waals surface area contributed by atoms with Gasteiger partial charge in [-0.15, -0.1) is 0 Å². The molecule has 4 N–H and O–H groups in total. The number of fused-ring (bicyclic) bond motifs is 1. The molecule has 0 radical (unpaired) electrons. The summed E-state index contributed by atoms with van der Waals surface area (Å²) in [6.07, 6.45) is 2.48. The summed E-state index contributed by atoms with van der Waals surface area (Å²) in [7, 11) is -0.604. The zero-order valence-electron chi connectivity index (χ0n) is 21.7. The van der Waals surface area contributed by atoms with Gasteiger partial charge in [0, 0.05) is 18.4 Å². The van der Waals surface area contributed by atoms with Crippen LogP contribution in [0.1, 0.15) is 53.4 Å². The van der Waals surface area contributed by atoms with E-state index < -0.39 is 50.6 Å². The van der Waals surface area contributed by atoms with Gasteiger partial charge < -0.3 is 44.4 Å². The molecular formula is C25H45NO8P+. The summed E-state index contributed by atoms with van der Waals surface area (Å²) in [4.78, 5) is 0. The number of nitrogens with two attached hydrogens (primary N) is 1. The minimum atomic E-state index is -0.910. The van der Waals surface area contributed by atoms with Crippen molar-refractivity contribution in [1.82, 2.24) is 0 Å². The van der Waals surface area contributed by atoms with E-state index in [1.54, 1.807) is 0 Å². The number of ether oxygens (including phenoxy) is 6. The van der Waals surface area contributed by atoms with Crippen LogP contribution in [-0.4, -0.2) is 97.2 Å². The second-order valence-electron chi connectivity index (χ2n) is 10.9. The summed E-state index contributed by atoms with van der Waals surface area (Å²) in [6.45, 7) is 10.7. The number of hydrogen-bond acceptors (Lipinski definition) is 9. The second kappa shape index (κ2) is 11.7. The highest BCUT2D eigenvalue weighted by Crippen LogP contribution is 2.41. The molecule has 4 fully saturated rings. The lowest BCUT2D eigenvalue weighted by Gasteiger charge is -2.47. The van der Waals surface area contributed by atoms with Crippen molar-refractivity contribution in [3.8, 4) is 0 Å². The van der Waals surface area contributed by atoms with E-state index in [9.17, 15) is 10.2 Å². The Balaban J connectivity index is 1.46. The van der Waals surface area contributed by atoms with Crippen molar-refractivity contribution in [2.45, 2.75) is 121 Å². The largest absolute Gasteiger partial charge is 0.390 e. The Morgan fingerprint density at radius 2 is 1.71 bits per heavy atom. The van der Waals surface area contributed by atoms with E-state index in [1.165, 1.54) is 0 Å². The Morgan fingerprint density at radius 1 is 0.971 bits per heavy atom. The third-order valence-electron chi connectivity index (χ3n) is 8.11. The zero-order valence-corrected chi connectivity index (χ0v) is 22.6. The van der Waals surface area contributed by atoms with Gasteiger partial charge in [-0.1, -0.05) is 27.7 Å². The highest BCUT2D eigenvalue weighted by atomic mass is 31.1. The summed E-state index contributed by atoms with van der Waals surface area (Å²) in [6, 6.07) is -0.690. The van der Waals surface area contributed by atoms with Crippen molar-refractivity contribution < 1.29 is 38.6 Å². The average molecular weight is 519 g/mol. The lowest BCUT2D eigenvalue weighted by molar-refractivity contribution is -0.332. The third-order valence-corrected chi connectivity index (χ3v) is 9.10. The SMILES string of the molecule is C=[P+](C)C1OCC2OC(OC3C(C)CC(N)C(O)C3OC3OC(CC)C(O)C3CC)CC(C)C2O1. The molecule has 1 aliphatic carbocycles. The van der Waals surface area contributed by atoms with Gasteiger partial charge in [-0.2, -0.15) is 0 Å². The normalized spacial score (nSPS) is 51.1. The van der Waals surface area contributed by atoms with E-state index in [0.29, 0.717) is 32.3 Å². The molecule has 3 heterocycles. The number of rotatable bonds is 7. The van der Waals surface area contributed by atoms with Crippen molar-refractivity contribution in [3.63, 3.8) is 0 Å². The van der Waals surface area contributed by atoms with Crippen molar-refractivity contribution in [3.05, 3.63) is 0 Å². The molecule has 0 bridgehead atoms. The van der Waals surface area contributed by atoms with Crippen LogP contribution < -0.4 is 5.73 Å². The summed E-state index contributed by atoms with van der Waals surface area (Å²) in [5.74, 6) is 0.0876. The molecule has 0 aromatic rings. The molecule has 0 aromatic heterocycles. The molecule has 4 aliphatic rings. The van der Waals surface area contributed by atoms with Crippen LogP contribution in [0.15, 0.2) is 0 Å². The maximum Gasteiger partial charge on any atom is 0.324 e. The maximum absolute atomic E-state index is 11.1. The highest BCUT2D eigenvalue weighted by Gasteiger charge is 2.51. The van der Waals surface area contributed by atoms with E-state index in [1.807, 2.05) is 20.5 Å². The molecule has 1 saturated carbocycles. The molecule has 0 spiro atoms. The first-order valence-electron chi connectivity index (χ1n) is 13.2.